The van der Waals surface area contributed by atoms with E-state index in [0.29, 0.717) is 0 Å². The van der Waals surface area contributed by atoms with Crippen LogP contribution in [0.1, 0.15) is 12.6 Å². The van der Waals surface area contributed by atoms with Crippen LogP contribution in [0, 0.1) is 0 Å². The molecule has 13 heteroatoms. The number of carbonyl (C=O) groups is 1. The van der Waals surface area contributed by atoms with Crippen LogP contribution in [0.4, 0.5) is 5.82 Å². The predicted molar refractivity (Wildman–Crippen MR) is 99.6 cm³/mol. The van der Waals surface area contributed by atoms with Crippen LogP contribution in [0.5, 0.6) is 0 Å². The summed E-state index contributed by atoms with van der Waals surface area (Å²) in [6.07, 6.45) is -7.56. The molecule has 0 spiro atoms. The number of rotatable bonds is 7. The number of ether oxygens (including phenoxy) is 1. The van der Waals surface area contributed by atoms with Gasteiger partial charge in [-0.1, -0.05) is 18.2 Å². The third-order valence-electron chi connectivity index (χ3n) is 3.96. The SMILES string of the molecule is C=C(Cl)CC(O)C(O)C(O)C=O.Nc1ccn([C@@H]2O[C@H](CO)[C@@H](O)[C@H]2O)c(=O)n1. The van der Waals surface area contributed by atoms with Crippen LogP contribution >= 0.6 is 11.6 Å². The zero-order valence-corrected chi connectivity index (χ0v) is 15.9. The molecule has 1 saturated heterocycles. The van der Waals surface area contributed by atoms with Crippen LogP contribution in [-0.4, -0.2) is 89.7 Å². The van der Waals surface area contributed by atoms with Gasteiger partial charge in [0.2, 0.25) is 0 Å². The summed E-state index contributed by atoms with van der Waals surface area (Å²) >= 11 is 5.33. The molecule has 1 aromatic rings. The fourth-order valence-corrected chi connectivity index (χ4v) is 2.54. The van der Waals surface area contributed by atoms with Crippen molar-refractivity contribution in [1.29, 1.82) is 0 Å². The van der Waals surface area contributed by atoms with Crippen molar-refractivity contribution >= 4 is 23.7 Å². The van der Waals surface area contributed by atoms with Gasteiger partial charge in [0, 0.05) is 17.6 Å². The van der Waals surface area contributed by atoms with Gasteiger partial charge in [-0.2, -0.15) is 4.98 Å². The fourth-order valence-electron chi connectivity index (χ4n) is 2.39. The molecule has 7 atom stereocenters. The molecule has 1 fully saturated rings. The molecule has 1 aromatic heterocycles. The summed E-state index contributed by atoms with van der Waals surface area (Å²) in [6.45, 7) is 2.83. The Morgan fingerprint density at radius 2 is 2.00 bits per heavy atom. The Morgan fingerprint density at radius 1 is 1.38 bits per heavy atom. The van der Waals surface area contributed by atoms with Gasteiger partial charge in [0.1, 0.15) is 36.3 Å². The van der Waals surface area contributed by atoms with E-state index in [1.54, 1.807) is 0 Å². The van der Waals surface area contributed by atoms with Crippen molar-refractivity contribution in [2.75, 3.05) is 12.3 Å². The zero-order valence-electron chi connectivity index (χ0n) is 15.2. The number of anilines is 1. The minimum absolute atomic E-state index is 0.0537. The molecule has 1 aliphatic heterocycles. The second kappa shape index (κ2) is 11.3. The highest BCUT2D eigenvalue weighted by molar-refractivity contribution is 6.29. The Bertz CT molecular complexity index is 747. The van der Waals surface area contributed by atoms with Gasteiger partial charge in [-0.3, -0.25) is 4.57 Å². The number of carbonyl (C=O) groups excluding carboxylic acids is 1. The van der Waals surface area contributed by atoms with E-state index in [2.05, 4.69) is 11.6 Å². The minimum Gasteiger partial charge on any atom is -0.394 e. The summed E-state index contributed by atoms with van der Waals surface area (Å²) in [7, 11) is 0. The number of hydrogen-bond acceptors (Lipinski definition) is 11. The molecule has 0 bridgehead atoms. The van der Waals surface area contributed by atoms with Gasteiger partial charge >= 0.3 is 5.69 Å². The van der Waals surface area contributed by atoms with Crippen molar-refractivity contribution in [3.05, 3.63) is 34.4 Å². The molecule has 0 aliphatic carbocycles. The van der Waals surface area contributed by atoms with Gasteiger partial charge in [-0.15, -0.1) is 0 Å². The number of aldehydes is 1. The van der Waals surface area contributed by atoms with Gasteiger partial charge in [0.25, 0.3) is 0 Å². The Kier molecular flexibility index (Phi) is 9.82. The first kappa shape index (κ1) is 25.1. The standard InChI is InChI=1S/C9H13N3O5.C7H11ClO4/c10-5-1-2-12(9(16)11-5)8-7(15)6(14)4(3-13)17-8;1-4(8)2-5(10)7(12)6(11)3-9/h1-2,4,6-8,13-15H,3H2,(H2,10,11,16);3,5-7,10-12H,1-2H2/t4-,6-,7-,8-;/m1./s1. The van der Waals surface area contributed by atoms with Crippen LogP contribution in [0.2, 0.25) is 0 Å². The maximum atomic E-state index is 11.5. The highest BCUT2D eigenvalue weighted by Gasteiger charge is 2.43. The Balaban J connectivity index is 0.000000311. The first-order chi connectivity index (χ1) is 13.5. The fraction of sp³-hybridized carbons (Fsp3) is 0.562. The lowest BCUT2D eigenvalue weighted by Gasteiger charge is -2.18. The topological polar surface area (TPSA) is 209 Å². The molecule has 3 unspecified atom stereocenters. The summed E-state index contributed by atoms with van der Waals surface area (Å²) < 4.78 is 6.19. The molecule has 29 heavy (non-hydrogen) atoms. The van der Waals surface area contributed by atoms with Crippen LogP contribution < -0.4 is 11.4 Å². The van der Waals surface area contributed by atoms with Crippen molar-refractivity contribution in [2.45, 2.75) is 49.3 Å². The van der Waals surface area contributed by atoms with Gasteiger partial charge in [0.05, 0.1) is 12.7 Å². The first-order valence-corrected chi connectivity index (χ1v) is 8.71. The minimum atomic E-state index is -1.59. The highest BCUT2D eigenvalue weighted by atomic mass is 35.5. The molecule has 1 aliphatic rings. The Morgan fingerprint density at radius 3 is 2.45 bits per heavy atom. The van der Waals surface area contributed by atoms with E-state index in [1.807, 2.05) is 0 Å². The average molecular weight is 438 g/mol. The van der Waals surface area contributed by atoms with E-state index in [1.165, 1.54) is 12.3 Å². The summed E-state index contributed by atoms with van der Waals surface area (Å²) in [5.74, 6) is 0.0537. The first-order valence-electron chi connectivity index (χ1n) is 8.33. The van der Waals surface area contributed by atoms with E-state index in [-0.39, 0.29) is 23.6 Å². The molecule has 0 aromatic carbocycles. The van der Waals surface area contributed by atoms with Crippen molar-refractivity contribution < 1.29 is 40.2 Å². The number of hydrogen-bond donors (Lipinski definition) is 7. The summed E-state index contributed by atoms with van der Waals surface area (Å²) in [6, 6.07) is 1.37. The number of halogens is 1. The number of aliphatic hydroxyl groups is 6. The van der Waals surface area contributed by atoms with Gasteiger partial charge in [-0.25, -0.2) is 4.79 Å². The van der Waals surface area contributed by atoms with E-state index in [9.17, 15) is 19.8 Å². The van der Waals surface area contributed by atoms with Crippen LogP contribution in [0.15, 0.2) is 28.7 Å². The zero-order chi connectivity index (χ0) is 22.3. The second-order valence-corrected chi connectivity index (χ2v) is 6.71. The maximum Gasteiger partial charge on any atom is 0.351 e. The summed E-state index contributed by atoms with van der Waals surface area (Å²) in [4.78, 5) is 24.9. The van der Waals surface area contributed by atoms with E-state index in [4.69, 9.17) is 42.5 Å². The summed E-state index contributed by atoms with van der Waals surface area (Å²) in [5.41, 5.74) is 4.63. The monoisotopic (exact) mass is 437 g/mol. The molecule has 2 heterocycles. The lowest BCUT2D eigenvalue weighted by Crippen LogP contribution is -2.38. The number of nitrogens with zero attached hydrogens (tertiary/aromatic N) is 2. The molecule has 0 amide bonds. The molecule has 0 saturated carbocycles. The van der Waals surface area contributed by atoms with Crippen LogP contribution in [-0.2, 0) is 9.53 Å². The third-order valence-corrected chi connectivity index (χ3v) is 4.11. The number of nitrogen functional groups attached to an aromatic ring is 1. The van der Waals surface area contributed by atoms with Crippen molar-refractivity contribution in [1.82, 2.24) is 9.55 Å². The summed E-state index contributed by atoms with van der Waals surface area (Å²) in [5, 5.41) is 55.1. The van der Waals surface area contributed by atoms with E-state index >= 15 is 0 Å². The van der Waals surface area contributed by atoms with Crippen LogP contribution in [0.3, 0.4) is 0 Å². The highest BCUT2D eigenvalue weighted by Crippen LogP contribution is 2.27. The largest absolute Gasteiger partial charge is 0.394 e. The second-order valence-electron chi connectivity index (χ2n) is 6.18. The molecular weight excluding hydrogens is 414 g/mol. The van der Waals surface area contributed by atoms with Gasteiger partial charge in [-0.05, 0) is 6.07 Å². The predicted octanol–water partition coefficient (Wildman–Crippen LogP) is -3.15. The van der Waals surface area contributed by atoms with E-state index < -0.39 is 55.1 Å². The lowest BCUT2D eigenvalue weighted by atomic mass is 10.1. The van der Waals surface area contributed by atoms with Gasteiger partial charge < -0.3 is 45.9 Å². The normalized spacial score (nSPS) is 26.7. The van der Waals surface area contributed by atoms with Crippen LogP contribution in [0.25, 0.3) is 0 Å². The Labute approximate surface area is 170 Å². The number of nitrogens with two attached hydrogens (primary N) is 1. The third kappa shape index (κ3) is 6.83. The number of aliphatic hydroxyl groups excluding tert-OH is 6. The smallest absolute Gasteiger partial charge is 0.351 e. The van der Waals surface area contributed by atoms with Crippen molar-refractivity contribution in [3.63, 3.8) is 0 Å². The lowest BCUT2D eigenvalue weighted by molar-refractivity contribution is -0.125. The number of aromatic nitrogens is 2. The van der Waals surface area contributed by atoms with Crippen molar-refractivity contribution in [2.24, 2.45) is 0 Å². The molecule has 2 rings (SSSR count). The molecule has 0 radical (unpaired) electrons. The average Bonchev–Trinajstić information content (AvgIpc) is 2.95. The molecule has 164 valence electrons. The maximum absolute atomic E-state index is 11.5. The quantitative estimate of drug-likeness (QED) is 0.212. The molecule has 12 nitrogen and oxygen atoms in total. The Hall–Kier alpha value is -1.90. The van der Waals surface area contributed by atoms with E-state index in [0.717, 1.165) is 4.57 Å². The van der Waals surface area contributed by atoms with Crippen molar-refractivity contribution in [3.8, 4) is 0 Å². The van der Waals surface area contributed by atoms with Gasteiger partial charge in [0.15, 0.2) is 12.5 Å². The molecule has 8 N–H and O–H groups in total. The molecular formula is C16H24ClN3O9.